The number of sulfonamides is 1. The van der Waals surface area contributed by atoms with Crippen molar-refractivity contribution in [2.45, 2.75) is 4.90 Å². The molecule has 2 rings (SSSR count). The zero-order valence-electron chi connectivity index (χ0n) is 10.5. The Morgan fingerprint density at radius 3 is 2.62 bits per heavy atom. The van der Waals surface area contributed by atoms with Crippen molar-refractivity contribution < 1.29 is 12.8 Å². The Kier molecular flexibility index (Phi) is 4.02. The smallest absolute Gasteiger partial charge is 0.263 e. The van der Waals surface area contributed by atoms with Gasteiger partial charge in [0, 0.05) is 5.69 Å². The van der Waals surface area contributed by atoms with Crippen LogP contribution in [0.15, 0.2) is 41.3 Å². The van der Waals surface area contributed by atoms with Gasteiger partial charge in [-0.05, 0) is 30.3 Å². The summed E-state index contributed by atoms with van der Waals surface area (Å²) in [5, 5.41) is 8.89. The van der Waals surface area contributed by atoms with E-state index in [9.17, 15) is 12.8 Å². The Balaban J connectivity index is 2.52. The van der Waals surface area contributed by atoms with E-state index >= 15 is 0 Å². The number of nitriles is 1. The lowest BCUT2D eigenvalue weighted by Crippen LogP contribution is -2.16. The van der Waals surface area contributed by atoms with Crippen LogP contribution in [0.1, 0.15) is 5.56 Å². The van der Waals surface area contributed by atoms with Crippen LogP contribution in [0.5, 0.6) is 0 Å². The topological polar surface area (TPSA) is 96.0 Å². The molecule has 0 radical (unpaired) electrons. The molecule has 5 nitrogen and oxygen atoms in total. The SMILES string of the molecule is N#Cc1cc(N)ccc1S(=O)(=O)Nc1c(F)cccc1Cl. The first-order valence-electron chi connectivity index (χ1n) is 5.61. The van der Waals surface area contributed by atoms with Crippen LogP contribution in [0.4, 0.5) is 15.8 Å². The van der Waals surface area contributed by atoms with E-state index in [-0.39, 0.29) is 26.9 Å². The normalized spacial score (nSPS) is 10.9. The molecule has 0 saturated heterocycles. The molecular formula is C13H9ClFN3O2S. The summed E-state index contributed by atoms with van der Waals surface area (Å²) >= 11 is 5.77. The molecule has 8 heteroatoms. The van der Waals surface area contributed by atoms with Gasteiger partial charge in [0.25, 0.3) is 10.0 Å². The maximum atomic E-state index is 13.6. The van der Waals surface area contributed by atoms with E-state index in [0.717, 1.165) is 6.07 Å². The van der Waals surface area contributed by atoms with Crippen molar-refractivity contribution in [2.24, 2.45) is 0 Å². The van der Waals surface area contributed by atoms with Crippen molar-refractivity contribution in [3.63, 3.8) is 0 Å². The number of para-hydroxylation sites is 1. The molecule has 3 N–H and O–H groups in total. The van der Waals surface area contributed by atoms with Crippen molar-refractivity contribution >= 4 is 33.0 Å². The van der Waals surface area contributed by atoms with Gasteiger partial charge in [0.05, 0.1) is 10.6 Å². The monoisotopic (exact) mass is 325 g/mol. The Morgan fingerprint density at radius 1 is 1.29 bits per heavy atom. The van der Waals surface area contributed by atoms with Crippen molar-refractivity contribution in [3.8, 4) is 6.07 Å². The summed E-state index contributed by atoms with van der Waals surface area (Å²) in [6.07, 6.45) is 0. The van der Waals surface area contributed by atoms with Gasteiger partial charge in [-0.15, -0.1) is 0 Å². The zero-order valence-corrected chi connectivity index (χ0v) is 12.0. The third-order valence-corrected chi connectivity index (χ3v) is 4.34. The molecule has 0 spiro atoms. The highest BCUT2D eigenvalue weighted by Crippen LogP contribution is 2.28. The minimum Gasteiger partial charge on any atom is -0.399 e. The van der Waals surface area contributed by atoms with E-state index in [1.54, 1.807) is 6.07 Å². The van der Waals surface area contributed by atoms with Crippen molar-refractivity contribution in [1.29, 1.82) is 5.26 Å². The maximum Gasteiger partial charge on any atom is 0.263 e. The summed E-state index contributed by atoms with van der Waals surface area (Å²) in [6, 6.07) is 9.21. The van der Waals surface area contributed by atoms with Crippen molar-refractivity contribution in [3.05, 3.63) is 52.8 Å². The molecule has 108 valence electrons. The summed E-state index contributed by atoms with van der Waals surface area (Å²) in [6.45, 7) is 0. The second kappa shape index (κ2) is 5.60. The molecule has 0 heterocycles. The Labute approximate surface area is 125 Å². The molecule has 0 amide bonds. The highest BCUT2D eigenvalue weighted by molar-refractivity contribution is 7.92. The fourth-order valence-electron chi connectivity index (χ4n) is 1.65. The number of nitrogens with zero attached hydrogens (tertiary/aromatic N) is 1. The first-order chi connectivity index (χ1) is 9.85. The largest absolute Gasteiger partial charge is 0.399 e. The van der Waals surface area contributed by atoms with Crippen LogP contribution in [0, 0.1) is 17.1 Å². The number of nitrogens with two attached hydrogens (primary N) is 1. The van der Waals surface area contributed by atoms with Crippen LogP contribution < -0.4 is 10.5 Å². The van der Waals surface area contributed by atoms with E-state index < -0.39 is 15.8 Å². The Morgan fingerprint density at radius 2 is 2.00 bits per heavy atom. The average molecular weight is 326 g/mol. The second-order valence-corrected chi connectivity index (χ2v) is 6.13. The van der Waals surface area contributed by atoms with E-state index in [1.165, 1.54) is 30.3 Å². The summed E-state index contributed by atoms with van der Waals surface area (Å²) in [4.78, 5) is -0.307. The van der Waals surface area contributed by atoms with E-state index in [1.807, 2.05) is 4.72 Å². The predicted molar refractivity (Wildman–Crippen MR) is 77.8 cm³/mol. The van der Waals surface area contributed by atoms with Crippen LogP contribution in [0.25, 0.3) is 0 Å². The van der Waals surface area contributed by atoms with Gasteiger partial charge >= 0.3 is 0 Å². The Hall–Kier alpha value is -2.30. The minimum absolute atomic E-state index is 0.0903. The van der Waals surface area contributed by atoms with Gasteiger partial charge in [0.2, 0.25) is 0 Å². The number of hydrogen-bond acceptors (Lipinski definition) is 4. The first-order valence-corrected chi connectivity index (χ1v) is 7.48. The third kappa shape index (κ3) is 3.07. The predicted octanol–water partition coefficient (Wildman–Crippen LogP) is 2.73. The zero-order chi connectivity index (χ0) is 15.6. The summed E-state index contributed by atoms with van der Waals surface area (Å²) in [7, 11) is -4.17. The number of rotatable bonds is 3. The molecule has 0 atom stereocenters. The third-order valence-electron chi connectivity index (χ3n) is 2.61. The fraction of sp³-hybridized carbons (Fsp3) is 0. The van der Waals surface area contributed by atoms with E-state index in [2.05, 4.69) is 0 Å². The Bertz CT molecular complexity index is 827. The maximum absolute atomic E-state index is 13.6. The molecule has 2 aromatic carbocycles. The second-order valence-electron chi connectivity index (χ2n) is 4.07. The highest BCUT2D eigenvalue weighted by atomic mass is 35.5. The van der Waals surface area contributed by atoms with Gasteiger partial charge in [0.1, 0.15) is 22.5 Å². The van der Waals surface area contributed by atoms with E-state index in [0.29, 0.717) is 0 Å². The lowest BCUT2D eigenvalue weighted by molar-refractivity contribution is 0.598. The molecule has 0 aromatic heterocycles. The fourth-order valence-corrected chi connectivity index (χ4v) is 3.15. The molecule has 0 aliphatic rings. The number of nitrogens with one attached hydrogen (secondary N) is 1. The molecule has 0 fully saturated rings. The molecule has 0 bridgehead atoms. The molecule has 2 aromatic rings. The van der Waals surface area contributed by atoms with Crippen LogP contribution in [-0.2, 0) is 10.0 Å². The van der Waals surface area contributed by atoms with Crippen LogP contribution >= 0.6 is 11.6 Å². The first kappa shape index (κ1) is 15.1. The van der Waals surface area contributed by atoms with Gasteiger partial charge in [-0.25, -0.2) is 12.8 Å². The van der Waals surface area contributed by atoms with Crippen molar-refractivity contribution in [1.82, 2.24) is 0 Å². The number of nitrogen functional groups attached to an aromatic ring is 1. The molecular weight excluding hydrogens is 317 g/mol. The highest BCUT2D eigenvalue weighted by Gasteiger charge is 2.21. The lowest BCUT2D eigenvalue weighted by Gasteiger charge is -2.11. The van der Waals surface area contributed by atoms with Gasteiger partial charge in [-0.1, -0.05) is 17.7 Å². The van der Waals surface area contributed by atoms with Gasteiger partial charge < -0.3 is 5.73 Å². The van der Waals surface area contributed by atoms with Crippen molar-refractivity contribution in [2.75, 3.05) is 10.5 Å². The standard InChI is InChI=1S/C13H9ClFN3O2S/c14-10-2-1-3-11(15)13(10)18-21(19,20)12-5-4-9(17)6-8(12)7-16/h1-6,18H,17H2. The summed E-state index contributed by atoms with van der Waals surface area (Å²) < 4.78 is 40.2. The number of hydrogen-bond donors (Lipinski definition) is 2. The van der Waals surface area contributed by atoms with Gasteiger partial charge in [-0.2, -0.15) is 5.26 Å². The molecule has 0 aliphatic carbocycles. The van der Waals surface area contributed by atoms with E-state index in [4.69, 9.17) is 22.6 Å². The molecule has 0 unspecified atom stereocenters. The van der Waals surface area contributed by atoms with Crippen LogP contribution in [0.3, 0.4) is 0 Å². The van der Waals surface area contributed by atoms with Crippen LogP contribution in [0.2, 0.25) is 5.02 Å². The number of benzene rings is 2. The average Bonchev–Trinajstić information content (AvgIpc) is 2.42. The minimum atomic E-state index is -4.17. The number of halogens is 2. The molecule has 0 aliphatic heterocycles. The molecule has 21 heavy (non-hydrogen) atoms. The number of anilines is 2. The lowest BCUT2D eigenvalue weighted by atomic mass is 10.2. The van der Waals surface area contributed by atoms with Gasteiger partial charge in [-0.3, -0.25) is 4.72 Å². The molecule has 0 saturated carbocycles. The van der Waals surface area contributed by atoms with Gasteiger partial charge in [0.15, 0.2) is 0 Å². The quantitative estimate of drug-likeness (QED) is 0.848. The summed E-state index contributed by atoms with van der Waals surface area (Å²) in [5.74, 6) is -0.819. The summed E-state index contributed by atoms with van der Waals surface area (Å²) in [5.41, 5.74) is 5.23. The van der Waals surface area contributed by atoms with Crippen LogP contribution in [-0.4, -0.2) is 8.42 Å².